The number of nitrogens with one attached hydrogen (secondary N) is 1. The van der Waals surface area contributed by atoms with E-state index < -0.39 is 18.0 Å². The van der Waals surface area contributed by atoms with Gasteiger partial charge in [-0.05, 0) is 32.9 Å². The van der Waals surface area contributed by atoms with E-state index in [1.54, 1.807) is 19.2 Å². The van der Waals surface area contributed by atoms with Crippen LogP contribution in [0, 0.1) is 20.8 Å². The van der Waals surface area contributed by atoms with Gasteiger partial charge in [0.15, 0.2) is 5.13 Å². The Hall–Kier alpha value is -3.54. The van der Waals surface area contributed by atoms with E-state index in [1.165, 1.54) is 11.3 Å². The molecule has 0 radical (unpaired) electrons. The summed E-state index contributed by atoms with van der Waals surface area (Å²) in [4.78, 5) is 24.3. The van der Waals surface area contributed by atoms with Crippen LogP contribution >= 0.6 is 11.3 Å². The quantitative estimate of drug-likeness (QED) is 0.408. The monoisotopic (exact) mass is 476 g/mol. The van der Waals surface area contributed by atoms with Gasteiger partial charge in [0.1, 0.15) is 6.61 Å². The van der Waals surface area contributed by atoms with Gasteiger partial charge in [-0.15, -0.1) is 16.4 Å². The molecule has 172 valence electrons. The van der Waals surface area contributed by atoms with Crippen molar-refractivity contribution in [2.75, 3.05) is 5.32 Å². The van der Waals surface area contributed by atoms with Crippen molar-refractivity contribution in [2.45, 2.75) is 40.0 Å². The highest BCUT2D eigenvalue weighted by atomic mass is 32.1. The van der Waals surface area contributed by atoms with Crippen LogP contribution in [-0.2, 0) is 28.7 Å². The van der Waals surface area contributed by atoms with E-state index in [2.05, 4.69) is 25.4 Å². The lowest BCUT2D eigenvalue weighted by atomic mass is 10.1. The topological polar surface area (TPSA) is 94.3 Å². The highest BCUT2D eigenvalue weighted by Crippen LogP contribution is 2.27. The fourth-order valence-electron chi connectivity index (χ4n) is 3.13. The van der Waals surface area contributed by atoms with Gasteiger partial charge in [-0.25, -0.2) is 14.5 Å². The molecule has 0 saturated heterocycles. The number of nitrogens with zero attached hydrogens (tertiary/aromatic N) is 5. The molecule has 3 heterocycles. The first-order valence-corrected chi connectivity index (χ1v) is 10.7. The second-order valence-corrected chi connectivity index (χ2v) is 8.24. The first-order chi connectivity index (χ1) is 15.6. The van der Waals surface area contributed by atoms with Crippen molar-refractivity contribution in [3.05, 3.63) is 63.7 Å². The fraction of sp³-hybridized carbons (Fsp3) is 0.286. The van der Waals surface area contributed by atoms with Gasteiger partial charge in [-0.3, -0.25) is 4.79 Å². The lowest BCUT2D eigenvalue weighted by Gasteiger charge is -2.10. The van der Waals surface area contributed by atoms with E-state index in [4.69, 9.17) is 4.74 Å². The number of ether oxygens (including phenoxy) is 1. The van der Waals surface area contributed by atoms with Gasteiger partial charge in [-0.1, -0.05) is 17.7 Å². The Morgan fingerprint density at radius 1 is 1.12 bits per heavy atom. The summed E-state index contributed by atoms with van der Waals surface area (Å²) in [6, 6.07) is 7.85. The van der Waals surface area contributed by atoms with Crippen molar-refractivity contribution in [1.29, 1.82) is 0 Å². The Bertz CT molecular complexity index is 1310. The molecule has 1 aromatic carbocycles. The molecule has 0 aliphatic heterocycles. The summed E-state index contributed by atoms with van der Waals surface area (Å²) in [5, 5.41) is 9.11. The summed E-state index contributed by atoms with van der Waals surface area (Å²) in [5.74, 6) is -2.01. The lowest BCUT2D eigenvalue weighted by molar-refractivity contribution is -0.145. The molecule has 0 bridgehead atoms. The average molecular weight is 476 g/mol. The number of aromatic nitrogens is 5. The molecule has 12 heteroatoms. The zero-order chi connectivity index (χ0) is 23.8. The van der Waals surface area contributed by atoms with Crippen molar-refractivity contribution in [1.82, 2.24) is 24.6 Å². The van der Waals surface area contributed by atoms with Crippen LogP contribution in [0.5, 0.6) is 0 Å². The van der Waals surface area contributed by atoms with Crippen LogP contribution in [0.25, 0.3) is 5.78 Å². The molecule has 3 aromatic heterocycles. The standard InChI is InChI=1S/C21H19F3N6O2S/c1-11-4-6-14(7-5-11)26-20-27-15(10-33-20)9-32-17(31)8-16-12(2)25-19-28-18(21(22,23)24)29-30(19)13(16)3/h4-7,10H,8-9H2,1-3H3,(H,26,27). The Morgan fingerprint density at radius 3 is 2.55 bits per heavy atom. The number of hydrogen-bond acceptors (Lipinski definition) is 8. The molecular formula is C21H19F3N6O2S. The summed E-state index contributed by atoms with van der Waals surface area (Å²) in [5.41, 5.74) is 3.79. The summed E-state index contributed by atoms with van der Waals surface area (Å²) < 4.78 is 45.1. The van der Waals surface area contributed by atoms with E-state index in [-0.39, 0.29) is 18.8 Å². The van der Waals surface area contributed by atoms with Gasteiger partial charge < -0.3 is 10.1 Å². The zero-order valence-corrected chi connectivity index (χ0v) is 18.7. The maximum Gasteiger partial charge on any atom is 0.453 e. The Kier molecular flexibility index (Phi) is 6.02. The van der Waals surface area contributed by atoms with Gasteiger partial charge in [0.2, 0.25) is 0 Å². The first-order valence-electron chi connectivity index (χ1n) is 9.84. The number of thiazole rings is 1. The summed E-state index contributed by atoms with van der Waals surface area (Å²) in [6.45, 7) is 5.13. The van der Waals surface area contributed by atoms with Crippen molar-refractivity contribution >= 4 is 33.9 Å². The number of carbonyl (C=O) groups is 1. The summed E-state index contributed by atoms with van der Waals surface area (Å²) in [7, 11) is 0. The average Bonchev–Trinajstić information content (AvgIpc) is 3.38. The number of benzene rings is 1. The number of carbonyl (C=O) groups excluding carboxylic acids is 1. The van der Waals surface area contributed by atoms with Crippen LogP contribution in [0.1, 0.15) is 34.0 Å². The molecular weight excluding hydrogens is 457 g/mol. The second-order valence-electron chi connectivity index (χ2n) is 7.38. The third kappa shape index (κ3) is 5.11. The number of rotatable bonds is 6. The lowest BCUT2D eigenvalue weighted by Crippen LogP contribution is -2.14. The summed E-state index contributed by atoms with van der Waals surface area (Å²) in [6.07, 6.45) is -4.85. The Morgan fingerprint density at radius 2 is 1.85 bits per heavy atom. The number of hydrogen-bond donors (Lipinski definition) is 1. The highest BCUT2D eigenvalue weighted by molar-refractivity contribution is 7.13. The van der Waals surface area contributed by atoms with Crippen LogP contribution in [-0.4, -0.2) is 30.5 Å². The van der Waals surface area contributed by atoms with E-state index in [0.717, 1.165) is 15.8 Å². The molecule has 0 amide bonds. The Balaban J connectivity index is 1.41. The number of alkyl halides is 3. The molecule has 0 saturated carbocycles. The number of aryl methyl sites for hydroxylation is 3. The minimum absolute atomic E-state index is 0.0276. The minimum Gasteiger partial charge on any atom is -0.459 e. The van der Waals surface area contributed by atoms with Crippen molar-refractivity contribution < 1.29 is 22.7 Å². The van der Waals surface area contributed by atoms with Crippen LogP contribution in [0.15, 0.2) is 29.6 Å². The normalized spacial score (nSPS) is 11.7. The van der Waals surface area contributed by atoms with Gasteiger partial charge in [0.05, 0.1) is 12.1 Å². The predicted molar refractivity (Wildman–Crippen MR) is 115 cm³/mol. The summed E-state index contributed by atoms with van der Waals surface area (Å²) >= 11 is 1.38. The maximum absolute atomic E-state index is 12.9. The van der Waals surface area contributed by atoms with E-state index in [0.29, 0.717) is 27.8 Å². The van der Waals surface area contributed by atoms with Gasteiger partial charge in [0.25, 0.3) is 11.6 Å². The van der Waals surface area contributed by atoms with Crippen molar-refractivity contribution in [2.24, 2.45) is 0 Å². The maximum atomic E-state index is 12.9. The molecule has 4 aromatic rings. The fourth-order valence-corrected chi connectivity index (χ4v) is 3.84. The molecule has 8 nitrogen and oxygen atoms in total. The van der Waals surface area contributed by atoms with Gasteiger partial charge >= 0.3 is 12.1 Å². The molecule has 0 fully saturated rings. The number of anilines is 2. The number of esters is 1. The van der Waals surface area contributed by atoms with E-state index in [9.17, 15) is 18.0 Å². The Labute approximate surface area is 190 Å². The SMILES string of the molecule is Cc1ccc(Nc2nc(COC(=O)Cc3c(C)nc4nc(C(F)(F)F)nn4c3C)cs2)cc1. The molecule has 4 rings (SSSR count). The highest BCUT2D eigenvalue weighted by Gasteiger charge is 2.37. The minimum atomic E-state index is -4.69. The molecule has 1 N–H and O–H groups in total. The van der Waals surface area contributed by atoms with Crippen LogP contribution < -0.4 is 5.32 Å². The second kappa shape index (κ2) is 8.77. The van der Waals surface area contributed by atoms with Gasteiger partial charge in [0, 0.05) is 28.0 Å². The molecule has 0 unspecified atom stereocenters. The van der Waals surface area contributed by atoms with Crippen LogP contribution in [0.3, 0.4) is 0 Å². The van der Waals surface area contributed by atoms with Crippen molar-refractivity contribution in [3.63, 3.8) is 0 Å². The molecule has 0 aliphatic rings. The first kappa shape index (κ1) is 22.6. The molecule has 33 heavy (non-hydrogen) atoms. The third-order valence-corrected chi connectivity index (χ3v) is 5.67. The van der Waals surface area contributed by atoms with E-state index in [1.807, 2.05) is 31.2 Å². The molecule has 0 atom stereocenters. The molecule has 0 spiro atoms. The largest absolute Gasteiger partial charge is 0.459 e. The zero-order valence-electron chi connectivity index (χ0n) is 17.9. The predicted octanol–water partition coefficient (Wildman–Crippen LogP) is 4.55. The number of halogens is 3. The van der Waals surface area contributed by atoms with Crippen molar-refractivity contribution in [3.8, 4) is 0 Å². The smallest absolute Gasteiger partial charge is 0.453 e. The van der Waals surface area contributed by atoms with Crippen LogP contribution in [0.4, 0.5) is 24.0 Å². The van der Waals surface area contributed by atoms with Crippen LogP contribution in [0.2, 0.25) is 0 Å². The third-order valence-electron chi connectivity index (χ3n) is 4.86. The van der Waals surface area contributed by atoms with Gasteiger partial charge in [-0.2, -0.15) is 18.2 Å². The molecule has 0 aliphatic carbocycles. The van der Waals surface area contributed by atoms with E-state index >= 15 is 0 Å². The number of fused-ring (bicyclic) bond motifs is 1.